The fourth-order valence-electron chi connectivity index (χ4n) is 2.07. The van der Waals surface area contributed by atoms with Crippen molar-refractivity contribution >= 4 is 28.2 Å². The van der Waals surface area contributed by atoms with Crippen molar-refractivity contribution < 1.29 is 8.91 Å². The third kappa shape index (κ3) is 4.59. The Balaban J connectivity index is 1.66. The van der Waals surface area contributed by atoms with E-state index in [1.165, 1.54) is 29.2 Å². The second-order valence-electron chi connectivity index (χ2n) is 6.33. The molecule has 1 N–H and O–H groups in total. The van der Waals surface area contributed by atoms with Gasteiger partial charge in [-0.3, -0.25) is 0 Å². The van der Waals surface area contributed by atoms with E-state index >= 15 is 0 Å². The molecule has 0 aliphatic carbocycles. The van der Waals surface area contributed by atoms with Gasteiger partial charge < -0.3 is 9.84 Å². The molecule has 2 aromatic heterocycles. The number of anilines is 1. The van der Waals surface area contributed by atoms with E-state index in [9.17, 15) is 4.39 Å². The van der Waals surface area contributed by atoms with E-state index in [2.05, 4.69) is 39.5 Å². The lowest BCUT2D eigenvalue weighted by atomic mass is 10.1. The van der Waals surface area contributed by atoms with Gasteiger partial charge in [0.05, 0.1) is 5.25 Å². The Hall–Kier alpha value is -2.00. The van der Waals surface area contributed by atoms with Crippen LogP contribution in [0.4, 0.5) is 9.52 Å². The topological polar surface area (TPSA) is 76.7 Å². The Morgan fingerprint density at radius 1 is 1.27 bits per heavy atom. The van der Waals surface area contributed by atoms with Crippen LogP contribution in [-0.4, -0.2) is 26.9 Å². The number of halogens is 1. The molecule has 3 aromatic rings. The molecule has 0 aliphatic heterocycles. The summed E-state index contributed by atoms with van der Waals surface area (Å²) in [5.74, 6) is 1.10. The Morgan fingerprint density at radius 2 is 2.08 bits per heavy atom. The van der Waals surface area contributed by atoms with E-state index < -0.39 is 0 Å². The first-order valence-electron chi connectivity index (χ1n) is 8.26. The second-order valence-corrected chi connectivity index (χ2v) is 8.89. The minimum Gasteiger partial charge on any atom is -0.360 e. The maximum atomic E-state index is 13.7. The van der Waals surface area contributed by atoms with E-state index in [1.54, 1.807) is 19.1 Å². The predicted molar refractivity (Wildman–Crippen MR) is 102 cm³/mol. The highest BCUT2D eigenvalue weighted by Gasteiger charge is 2.19. The molecule has 9 heteroatoms. The quantitative estimate of drug-likeness (QED) is 0.569. The summed E-state index contributed by atoms with van der Waals surface area (Å²) < 4.78 is 19.9. The van der Waals surface area contributed by atoms with Crippen molar-refractivity contribution in [2.45, 2.75) is 37.3 Å². The Bertz CT molecular complexity index is 880. The largest absolute Gasteiger partial charge is 0.360 e. The molecule has 138 valence electrons. The Labute approximate surface area is 159 Å². The molecule has 1 unspecified atom stereocenters. The minimum atomic E-state index is -0.286. The van der Waals surface area contributed by atoms with Crippen molar-refractivity contribution in [1.29, 1.82) is 0 Å². The summed E-state index contributed by atoms with van der Waals surface area (Å²) in [7, 11) is 0. The van der Waals surface area contributed by atoms with Crippen molar-refractivity contribution in [2.75, 3.05) is 11.9 Å². The van der Waals surface area contributed by atoms with Crippen molar-refractivity contribution in [1.82, 2.24) is 20.3 Å². The number of hydrogen-bond donors (Lipinski definition) is 1. The van der Waals surface area contributed by atoms with E-state index in [1.807, 2.05) is 6.92 Å². The van der Waals surface area contributed by atoms with Gasteiger partial charge in [-0.05, 0) is 31.4 Å². The zero-order chi connectivity index (χ0) is 18.7. The molecule has 0 saturated carbocycles. The lowest BCUT2D eigenvalue weighted by molar-refractivity contribution is 0.381. The first-order chi connectivity index (χ1) is 12.4. The smallest absolute Gasteiger partial charge is 0.240 e. The van der Waals surface area contributed by atoms with Crippen LogP contribution in [-0.2, 0) is 0 Å². The number of nitrogens with one attached hydrogen (secondary N) is 1. The van der Waals surface area contributed by atoms with E-state index in [4.69, 9.17) is 4.52 Å². The molecular weight excluding hydrogens is 373 g/mol. The molecule has 26 heavy (non-hydrogen) atoms. The molecule has 1 aromatic carbocycles. The number of hydrogen-bond acceptors (Lipinski definition) is 8. The molecule has 3 rings (SSSR count). The van der Waals surface area contributed by atoms with Gasteiger partial charge in [0, 0.05) is 12.1 Å². The van der Waals surface area contributed by atoms with Gasteiger partial charge in [-0.25, -0.2) is 4.39 Å². The van der Waals surface area contributed by atoms with Crippen LogP contribution in [0.15, 0.2) is 27.1 Å². The van der Waals surface area contributed by atoms with Gasteiger partial charge in [-0.1, -0.05) is 54.2 Å². The molecular formula is C17H20FN5OS2. The van der Waals surface area contributed by atoms with Gasteiger partial charge in [0.2, 0.25) is 16.8 Å². The van der Waals surface area contributed by atoms with E-state index in [-0.39, 0.29) is 11.1 Å². The van der Waals surface area contributed by atoms with Crippen molar-refractivity contribution in [3.8, 4) is 11.4 Å². The first-order valence-corrected chi connectivity index (χ1v) is 9.96. The molecule has 6 nitrogen and oxygen atoms in total. The van der Waals surface area contributed by atoms with Gasteiger partial charge >= 0.3 is 0 Å². The summed E-state index contributed by atoms with van der Waals surface area (Å²) in [4.78, 5) is 4.39. The summed E-state index contributed by atoms with van der Waals surface area (Å²) in [6.45, 7) is 8.80. The van der Waals surface area contributed by atoms with E-state index in [0.717, 1.165) is 16.0 Å². The second kappa shape index (κ2) is 8.13. The monoisotopic (exact) mass is 393 g/mol. The highest BCUT2D eigenvalue weighted by Crippen LogP contribution is 2.37. The molecule has 0 spiro atoms. The van der Waals surface area contributed by atoms with E-state index in [0.29, 0.717) is 28.8 Å². The lowest BCUT2D eigenvalue weighted by Gasteiger charge is -2.04. The highest BCUT2D eigenvalue weighted by molar-refractivity contribution is 8.01. The summed E-state index contributed by atoms with van der Waals surface area (Å²) in [6.07, 6.45) is 0. The lowest BCUT2D eigenvalue weighted by Crippen LogP contribution is -2.07. The van der Waals surface area contributed by atoms with Crippen LogP contribution in [0.5, 0.6) is 0 Å². The van der Waals surface area contributed by atoms with Crippen LogP contribution in [0.25, 0.3) is 11.4 Å². The number of rotatable bonds is 7. The van der Waals surface area contributed by atoms with Crippen LogP contribution < -0.4 is 5.32 Å². The van der Waals surface area contributed by atoms with Crippen LogP contribution in [0.1, 0.15) is 37.5 Å². The zero-order valence-electron chi connectivity index (χ0n) is 15.0. The molecule has 0 amide bonds. The number of aromatic nitrogens is 4. The summed E-state index contributed by atoms with van der Waals surface area (Å²) in [6, 6.07) is 4.90. The summed E-state index contributed by atoms with van der Waals surface area (Å²) in [5.41, 5.74) is 1.18. The van der Waals surface area contributed by atoms with Gasteiger partial charge in [0.25, 0.3) is 0 Å². The van der Waals surface area contributed by atoms with Gasteiger partial charge in [0.15, 0.2) is 4.34 Å². The first kappa shape index (κ1) is 18.8. The maximum absolute atomic E-state index is 13.7. The summed E-state index contributed by atoms with van der Waals surface area (Å²) in [5, 5.41) is 16.2. The number of aryl methyl sites for hydroxylation is 1. The number of thioether (sulfide) groups is 1. The van der Waals surface area contributed by atoms with Crippen LogP contribution in [0.3, 0.4) is 0 Å². The van der Waals surface area contributed by atoms with Gasteiger partial charge in [0.1, 0.15) is 5.82 Å². The third-order valence-electron chi connectivity index (χ3n) is 3.57. The minimum absolute atomic E-state index is 0.0857. The Morgan fingerprint density at radius 3 is 2.81 bits per heavy atom. The SMILES string of the molecule is Cc1ccc(-c2noc(C(C)Sc3nnc(NCC(C)C)s3)n2)cc1F. The van der Waals surface area contributed by atoms with Gasteiger partial charge in [-0.2, -0.15) is 4.98 Å². The third-order valence-corrected chi connectivity index (χ3v) is 5.62. The van der Waals surface area contributed by atoms with Crippen molar-refractivity contribution in [3.05, 3.63) is 35.5 Å². The Kier molecular flexibility index (Phi) is 5.87. The number of nitrogens with zero attached hydrogens (tertiary/aromatic N) is 4. The van der Waals surface area contributed by atoms with Gasteiger partial charge in [-0.15, -0.1) is 10.2 Å². The van der Waals surface area contributed by atoms with Crippen LogP contribution >= 0.6 is 23.1 Å². The van der Waals surface area contributed by atoms with Crippen molar-refractivity contribution in [3.63, 3.8) is 0 Å². The molecule has 0 saturated heterocycles. The number of benzene rings is 1. The zero-order valence-corrected chi connectivity index (χ0v) is 16.6. The van der Waals surface area contributed by atoms with Crippen LogP contribution in [0.2, 0.25) is 0 Å². The standard InChI is InChI=1S/C17H20FN5OS2/c1-9(2)8-19-16-21-22-17(26-16)25-11(4)15-20-14(23-24-15)12-6-5-10(3)13(18)7-12/h5-7,9,11H,8H2,1-4H3,(H,19,21). The molecule has 2 heterocycles. The molecule has 0 fully saturated rings. The molecule has 0 radical (unpaired) electrons. The predicted octanol–water partition coefficient (Wildman–Crippen LogP) is 4.96. The fourth-order valence-corrected chi connectivity index (χ4v) is 4.00. The average molecular weight is 394 g/mol. The summed E-state index contributed by atoms with van der Waals surface area (Å²) >= 11 is 3.00. The van der Waals surface area contributed by atoms with Crippen LogP contribution in [0, 0.1) is 18.7 Å². The van der Waals surface area contributed by atoms with Crippen molar-refractivity contribution in [2.24, 2.45) is 5.92 Å². The molecule has 0 bridgehead atoms. The fraction of sp³-hybridized carbons (Fsp3) is 0.412. The average Bonchev–Trinajstić information content (AvgIpc) is 3.25. The molecule has 0 aliphatic rings. The normalized spacial score (nSPS) is 12.5. The molecule has 1 atom stereocenters. The highest BCUT2D eigenvalue weighted by atomic mass is 32.2. The maximum Gasteiger partial charge on any atom is 0.240 e.